The molecule has 2 aromatic rings. The van der Waals surface area contributed by atoms with Crippen LogP contribution in [0.15, 0.2) is 53.7 Å². The molecule has 0 aliphatic rings. The Kier molecular flexibility index (Phi) is 4.77. The number of para-hydroxylation sites is 1. The van der Waals surface area contributed by atoms with E-state index >= 15 is 0 Å². The van der Waals surface area contributed by atoms with Crippen LogP contribution in [0.3, 0.4) is 0 Å². The van der Waals surface area contributed by atoms with Crippen molar-refractivity contribution in [2.75, 3.05) is 11.4 Å². The van der Waals surface area contributed by atoms with Gasteiger partial charge in [0.2, 0.25) is 0 Å². The maximum absolute atomic E-state index is 13.9. The average molecular weight is 287 g/mol. The van der Waals surface area contributed by atoms with Gasteiger partial charge in [-0.2, -0.15) is 0 Å². The van der Waals surface area contributed by atoms with Gasteiger partial charge in [0.05, 0.1) is 5.69 Å². The third-order valence-electron chi connectivity index (χ3n) is 3.28. The fourth-order valence-electron chi connectivity index (χ4n) is 2.18. The molecule has 110 valence electrons. The zero-order chi connectivity index (χ0) is 15.2. The van der Waals surface area contributed by atoms with Crippen LogP contribution in [0.25, 0.3) is 0 Å². The summed E-state index contributed by atoms with van der Waals surface area (Å²) in [6.07, 6.45) is 0. The van der Waals surface area contributed by atoms with Crippen molar-refractivity contribution < 1.29 is 9.60 Å². The Bertz CT molecular complexity index is 643. The first-order valence-electron chi connectivity index (χ1n) is 6.72. The SMILES string of the molecule is CCN(Cc1cccc(C(N)=NO)c1)c1ccccc1F. The predicted molar refractivity (Wildman–Crippen MR) is 82.1 cm³/mol. The summed E-state index contributed by atoms with van der Waals surface area (Å²) in [6, 6.07) is 14.0. The topological polar surface area (TPSA) is 61.8 Å². The zero-order valence-corrected chi connectivity index (χ0v) is 11.8. The normalized spacial score (nSPS) is 11.4. The van der Waals surface area contributed by atoms with Gasteiger partial charge in [-0.1, -0.05) is 35.5 Å². The molecule has 3 N–H and O–H groups in total. The number of oxime groups is 1. The van der Waals surface area contributed by atoms with E-state index in [-0.39, 0.29) is 11.7 Å². The summed E-state index contributed by atoms with van der Waals surface area (Å²) in [5.41, 5.74) is 7.75. The van der Waals surface area contributed by atoms with Crippen LogP contribution >= 0.6 is 0 Å². The number of anilines is 1. The number of hydrogen-bond acceptors (Lipinski definition) is 3. The van der Waals surface area contributed by atoms with Crippen LogP contribution < -0.4 is 10.6 Å². The molecular weight excluding hydrogens is 269 g/mol. The van der Waals surface area contributed by atoms with E-state index in [9.17, 15) is 4.39 Å². The van der Waals surface area contributed by atoms with E-state index in [4.69, 9.17) is 10.9 Å². The Hall–Kier alpha value is -2.56. The van der Waals surface area contributed by atoms with E-state index in [1.165, 1.54) is 6.07 Å². The molecule has 0 aliphatic heterocycles. The van der Waals surface area contributed by atoms with Gasteiger partial charge in [0, 0.05) is 18.7 Å². The van der Waals surface area contributed by atoms with Gasteiger partial charge in [-0.05, 0) is 30.7 Å². The lowest BCUT2D eigenvalue weighted by Gasteiger charge is -2.24. The molecule has 4 nitrogen and oxygen atoms in total. The number of nitrogens with two attached hydrogens (primary N) is 1. The largest absolute Gasteiger partial charge is 0.409 e. The molecule has 0 fully saturated rings. The molecule has 0 spiro atoms. The lowest BCUT2D eigenvalue weighted by molar-refractivity contribution is 0.318. The van der Waals surface area contributed by atoms with Crippen LogP contribution in [-0.4, -0.2) is 17.6 Å². The van der Waals surface area contributed by atoms with Crippen molar-refractivity contribution in [3.63, 3.8) is 0 Å². The molecule has 2 aromatic carbocycles. The molecule has 5 heteroatoms. The molecule has 0 aliphatic carbocycles. The van der Waals surface area contributed by atoms with E-state index in [0.717, 1.165) is 5.56 Å². The van der Waals surface area contributed by atoms with Crippen LogP contribution in [-0.2, 0) is 6.54 Å². The molecule has 21 heavy (non-hydrogen) atoms. The second-order valence-electron chi connectivity index (χ2n) is 4.65. The second kappa shape index (κ2) is 6.74. The lowest BCUT2D eigenvalue weighted by Crippen LogP contribution is -2.23. The van der Waals surface area contributed by atoms with Crippen molar-refractivity contribution in [1.29, 1.82) is 0 Å². The number of nitrogens with zero attached hydrogens (tertiary/aromatic N) is 2. The molecule has 0 saturated carbocycles. The summed E-state index contributed by atoms with van der Waals surface area (Å²) in [7, 11) is 0. The Balaban J connectivity index is 2.25. The third kappa shape index (κ3) is 3.51. The fourth-order valence-corrected chi connectivity index (χ4v) is 2.18. The van der Waals surface area contributed by atoms with Gasteiger partial charge in [-0.15, -0.1) is 0 Å². The van der Waals surface area contributed by atoms with Crippen LogP contribution in [0.5, 0.6) is 0 Å². The highest BCUT2D eigenvalue weighted by Crippen LogP contribution is 2.21. The Labute approximate surface area is 123 Å². The maximum atomic E-state index is 13.9. The number of benzene rings is 2. The second-order valence-corrected chi connectivity index (χ2v) is 4.65. The molecule has 0 aromatic heterocycles. The Morgan fingerprint density at radius 2 is 2.00 bits per heavy atom. The van der Waals surface area contributed by atoms with Crippen molar-refractivity contribution in [2.45, 2.75) is 13.5 Å². The molecule has 2 rings (SSSR count). The average Bonchev–Trinajstić information content (AvgIpc) is 2.53. The maximum Gasteiger partial charge on any atom is 0.170 e. The van der Waals surface area contributed by atoms with Gasteiger partial charge in [0.15, 0.2) is 5.84 Å². The molecule has 0 unspecified atom stereocenters. The first-order chi connectivity index (χ1) is 10.2. The van der Waals surface area contributed by atoms with E-state index in [0.29, 0.717) is 24.3 Å². The quantitative estimate of drug-likeness (QED) is 0.385. The number of halogens is 1. The van der Waals surface area contributed by atoms with Gasteiger partial charge in [-0.25, -0.2) is 4.39 Å². The number of hydrogen-bond donors (Lipinski definition) is 2. The minimum absolute atomic E-state index is 0.0609. The summed E-state index contributed by atoms with van der Waals surface area (Å²) < 4.78 is 13.9. The monoisotopic (exact) mass is 287 g/mol. The van der Waals surface area contributed by atoms with E-state index in [1.807, 2.05) is 36.1 Å². The van der Waals surface area contributed by atoms with Crippen LogP contribution in [0.2, 0.25) is 0 Å². The van der Waals surface area contributed by atoms with Gasteiger partial charge in [0.25, 0.3) is 0 Å². The Morgan fingerprint density at radius 1 is 1.24 bits per heavy atom. The van der Waals surface area contributed by atoms with Crippen molar-refractivity contribution in [3.05, 3.63) is 65.5 Å². The fraction of sp³-hybridized carbons (Fsp3) is 0.188. The number of rotatable bonds is 5. The molecule has 0 radical (unpaired) electrons. The zero-order valence-electron chi connectivity index (χ0n) is 11.8. The van der Waals surface area contributed by atoms with Gasteiger partial charge in [0.1, 0.15) is 5.82 Å². The summed E-state index contributed by atoms with van der Waals surface area (Å²) in [4.78, 5) is 1.93. The van der Waals surface area contributed by atoms with Gasteiger partial charge >= 0.3 is 0 Å². The van der Waals surface area contributed by atoms with Crippen molar-refractivity contribution in [2.24, 2.45) is 10.9 Å². The van der Waals surface area contributed by atoms with Gasteiger partial charge < -0.3 is 15.8 Å². The van der Waals surface area contributed by atoms with E-state index in [2.05, 4.69) is 5.16 Å². The first kappa shape index (κ1) is 14.8. The Morgan fingerprint density at radius 3 is 2.67 bits per heavy atom. The predicted octanol–water partition coefficient (Wildman–Crippen LogP) is 2.95. The molecule has 0 bridgehead atoms. The number of amidine groups is 1. The highest BCUT2D eigenvalue weighted by atomic mass is 19.1. The van der Waals surface area contributed by atoms with Crippen molar-refractivity contribution in [1.82, 2.24) is 0 Å². The summed E-state index contributed by atoms with van der Waals surface area (Å²) in [6.45, 7) is 3.19. The standard InChI is InChI=1S/C16H18FN3O/c1-2-20(15-9-4-3-8-14(15)17)11-12-6-5-7-13(10-12)16(18)19-21/h3-10,21H,2,11H2,1H3,(H2,18,19). The van der Waals surface area contributed by atoms with E-state index in [1.54, 1.807) is 18.2 Å². The highest BCUT2D eigenvalue weighted by Gasteiger charge is 2.10. The molecular formula is C16H18FN3O. The molecule has 0 atom stereocenters. The van der Waals surface area contributed by atoms with Crippen LogP contribution in [0.4, 0.5) is 10.1 Å². The van der Waals surface area contributed by atoms with Gasteiger partial charge in [-0.3, -0.25) is 0 Å². The molecule has 0 heterocycles. The summed E-state index contributed by atoms with van der Waals surface area (Å²) in [5, 5.41) is 11.7. The molecule has 0 amide bonds. The summed E-state index contributed by atoms with van der Waals surface area (Å²) in [5.74, 6) is -0.183. The minimum atomic E-state index is -0.244. The van der Waals surface area contributed by atoms with Crippen molar-refractivity contribution >= 4 is 11.5 Å². The van der Waals surface area contributed by atoms with E-state index < -0.39 is 0 Å². The summed E-state index contributed by atoms with van der Waals surface area (Å²) >= 11 is 0. The van der Waals surface area contributed by atoms with Crippen molar-refractivity contribution in [3.8, 4) is 0 Å². The minimum Gasteiger partial charge on any atom is -0.409 e. The van der Waals surface area contributed by atoms with Crippen LogP contribution in [0.1, 0.15) is 18.1 Å². The third-order valence-corrected chi connectivity index (χ3v) is 3.28. The highest BCUT2D eigenvalue weighted by molar-refractivity contribution is 5.97. The lowest BCUT2D eigenvalue weighted by atomic mass is 10.1. The smallest absolute Gasteiger partial charge is 0.170 e. The van der Waals surface area contributed by atoms with Crippen LogP contribution in [0, 0.1) is 5.82 Å². The molecule has 0 saturated heterocycles. The first-order valence-corrected chi connectivity index (χ1v) is 6.72.